The number of para-hydroxylation sites is 1. The molecule has 0 amide bonds. The van der Waals surface area contributed by atoms with Crippen molar-refractivity contribution in [3.63, 3.8) is 0 Å². The number of nitrogens with zero attached hydrogens (tertiary/aromatic N) is 3. The van der Waals surface area contributed by atoms with Gasteiger partial charge >= 0.3 is 0 Å². The van der Waals surface area contributed by atoms with Crippen LogP contribution in [-0.2, 0) is 0 Å². The molecule has 14 rings (SSSR count). The minimum Gasteiger partial charge on any atom is -0.456 e. The highest BCUT2D eigenvalue weighted by molar-refractivity contribution is 6.28. The van der Waals surface area contributed by atoms with Crippen molar-refractivity contribution in [1.29, 1.82) is 0 Å². The molecule has 0 fully saturated rings. The van der Waals surface area contributed by atoms with Crippen molar-refractivity contribution < 1.29 is 4.42 Å². The number of hydrogen-bond acceptors (Lipinski definition) is 3. The first-order valence-electron chi connectivity index (χ1n) is 20.8. The van der Waals surface area contributed by atoms with E-state index in [1.165, 1.54) is 54.5 Å². The third kappa shape index (κ3) is 4.29. The molecule has 0 saturated carbocycles. The lowest BCUT2D eigenvalue weighted by Crippen LogP contribution is -2.05. The van der Waals surface area contributed by atoms with E-state index in [4.69, 9.17) is 14.4 Å². The molecule has 0 spiro atoms. The van der Waals surface area contributed by atoms with Crippen LogP contribution < -0.4 is 0 Å². The largest absolute Gasteiger partial charge is 0.456 e. The molecule has 1 aliphatic carbocycles. The Hall–Kier alpha value is -7.82. The van der Waals surface area contributed by atoms with Crippen LogP contribution in [0.1, 0.15) is 18.0 Å². The highest BCUT2D eigenvalue weighted by Crippen LogP contribution is 2.51. The van der Waals surface area contributed by atoms with E-state index in [0.29, 0.717) is 11.9 Å². The number of furan rings is 1. The molecule has 1 atom stereocenters. The van der Waals surface area contributed by atoms with Gasteiger partial charge < -0.3 is 8.98 Å². The summed E-state index contributed by atoms with van der Waals surface area (Å²) in [5.41, 5.74) is 13.3. The van der Waals surface area contributed by atoms with Gasteiger partial charge in [0.1, 0.15) is 11.2 Å². The minimum absolute atomic E-state index is 0.333. The molecule has 1 aliphatic heterocycles. The average Bonchev–Trinajstić information content (AvgIpc) is 3.97. The molecule has 60 heavy (non-hydrogen) atoms. The maximum atomic E-state index is 6.62. The normalized spacial score (nSPS) is 14.8. The first-order valence-corrected chi connectivity index (χ1v) is 20.8. The minimum atomic E-state index is 0.333. The Kier molecular flexibility index (Phi) is 6.37. The molecular weight excluding hydrogens is 731 g/mol. The molecule has 278 valence electrons. The molecule has 1 unspecified atom stereocenters. The standard InChI is InChI=1S/C56H33N3O/c1-2-13-32(14-3-1)53-52-39-19-7-5-16-36(39)37-17-6-8-20-40(37)54(52)58-56(57-53)42-21-9-4-15-35(42)33-26-28-49-45(29-33)46-31-44-34(30-50(46)60-49)25-27-48-51(44)43-23-12-22-41-38-18-10-11-24-47(38)59(48)55(41)43/h1-23,25-31,47H,24H2. The van der Waals surface area contributed by atoms with Crippen LogP contribution in [0.4, 0.5) is 0 Å². The summed E-state index contributed by atoms with van der Waals surface area (Å²) in [4.78, 5) is 11.0. The SMILES string of the molecule is C1=CCC2C(=C1)c1cccc3c4c5cc6c(cc5ccc4n2c13)oc1ccc(-c2ccccc2-c2nc(-c3ccccc3)c3c4ccccc4c4ccccc4c3n2)cc16. The lowest BCUT2D eigenvalue weighted by Gasteiger charge is -2.18. The summed E-state index contributed by atoms with van der Waals surface area (Å²) < 4.78 is 9.20. The van der Waals surface area contributed by atoms with E-state index >= 15 is 0 Å². The number of hydrogen-bond donors (Lipinski definition) is 0. The summed E-state index contributed by atoms with van der Waals surface area (Å²) in [5.74, 6) is 0.701. The second-order valence-electron chi connectivity index (χ2n) is 16.3. The molecule has 3 aromatic heterocycles. The summed E-state index contributed by atoms with van der Waals surface area (Å²) in [5, 5.41) is 13.0. The highest BCUT2D eigenvalue weighted by atomic mass is 16.3. The van der Waals surface area contributed by atoms with Crippen LogP contribution in [0, 0.1) is 0 Å². The third-order valence-electron chi connectivity index (χ3n) is 13.3. The molecule has 2 aliphatic rings. The topological polar surface area (TPSA) is 43.9 Å². The van der Waals surface area contributed by atoms with Gasteiger partial charge in [0.15, 0.2) is 5.82 Å². The van der Waals surface area contributed by atoms with Crippen molar-refractivity contribution in [2.45, 2.75) is 12.5 Å². The van der Waals surface area contributed by atoms with Gasteiger partial charge in [-0.2, -0.15) is 0 Å². The number of fused-ring (bicyclic) bond motifs is 17. The maximum Gasteiger partial charge on any atom is 0.161 e. The van der Waals surface area contributed by atoms with Crippen LogP contribution in [0.15, 0.2) is 186 Å². The van der Waals surface area contributed by atoms with Crippen LogP contribution in [0.25, 0.3) is 126 Å². The quantitative estimate of drug-likeness (QED) is 0.168. The van der Waals surface area contributed by atoms with Gasteiger partial charge in [-0.05, 0) is 80.4 Å². The third-order valence-corrected chi connectivity index (χ3v) is 13.3. The molecule has 4 heterocycles. The van der Waals surface area contributed by atoms with Gasteiger partial charge in [-0.1, -0.05) is 152 Å². The molecule has 0 saturated heterocycles. The van der Waals surface area contributed by atoms with Crippen molar-refractivity contribution in [1.82, 2.24) is 14.5 Å². The van der Waals surface area contributed by atoms with Crippen molar-refractivity contribution in [3.05, 3.63) is 188 Å². The summed E-state index contributed by atoms with van der Waals surface area (Å²) >= 11 is 0. The first kappa shape index (κ1) is 32.2. The lowest BCUT2D eigenvalue weighted by molar-refractivity contribution is 0.669. The Balaban J connectivity index is 0.997. The second-order valence-corrected chi connectivity index (χ2v) is 16.3. The monoisotopic (exact) mass is 763 g/mol. The number of rotatable bonds is 3. The van der Waals surface area contributed by atoms with Gasteiger partial charge in [0, 0.05) is 49.0 Å². The summed E-state index contributed by atoms with van der Waals surface area (Å²) in [6.45, 7) is 0. The Morgan fingerprint density at radius 1 is 0.500 bits per heavy atom. The molecule has 4 heteroatoms. The zero-order valence-electron chi connectivity index (χ0n) is 32.4. The lowest BCUT2D eigenvalue weighted by atomic mass is 9.93. The molecule has 0 radical (unpaired) electrons. The van der Waals surface area contributed by atoms with E-state index in [9.17, 15) is 0 Å². The van der Waals surface area contributed by atoms with Gasteiger partial charge in [-0.25, -0.2) is 9.97 Å². The Labute approximate surface area is 344 Å². The van der Waals surface area contributed by atoms with E-state index in [-0.39, 0.29) is 0 Å². The summed E-state index contributed by atoms with van der Waals surface area (Å²) in [7, 11) is 0. The van der Waals surface area contributed by atoms with Crippen molar-refractivity contribution >= 4 is 92.5 Å². The van der Waals surface area contributed by atoms with Gasteiger partial charge in [0.25, 0.3) is 0 Å². The average molecular weight is 764 g/mol. The number of aromatic nitrogens is 3. The van der Waals surface area contributed by atoms with Gasteiger partial charge in [-0.15, -0.1) is 0 Å². The highest BCUT2D eigenvalue weighted by Gasteiger charge is 2.32. The van der Waals surface area contributed by atoms with Crippen molar-refractivity contribution in [2.24, 2.45) is 0 Å². The molecular formula is C56H33N3O. The van der Waals surface area contributed by atoms with E-state index in [1.807, 2.05) is 0 Å². The fraction of sp³-hybridized carbons (Fsp3) is 0.0357. The fourth-order valence-electron chi connectivity index (χ4n) is 10.7. The molecule has 9 aromatic carbocycles. The molecule has 12 aromatic rings. The van der Waals surface area contributed by atoms with Crippen LogP contribution in [0.2, 0.25) is 0 Å². The maximum absolute atomic E-state index is 6.62. The van der Waals surface area contributed by atoms with E-state index in [2.05, 4.69) is 187 Å². The Morgan fingerprint density at radius 3 is 2.12 bits per heavy atom. The van der Waals surface area contributed by atoms with Gasteiger partial charge in [-0.3, -0.25) is 0 Å². The summed E-state index contributed by atoms with van der Waals surface area (Å²) in [6.07, 6.45) is 7.83. The van der Waals surface area contributed by atoms with E-state index in [0.717, 1.165) is 78.0 Å². The predicted octanol–water partition coefficient (Wildman–Crippen LogP) is 15.0. The van der Waals surface area contributed by atoms with Crippen molar-refractivity contribution in [3.8, 4) is 33.8 Å². The predicted molar refractivity (Wildman–Crippen MR) is 249 cm³/mol. The summed E-state index contributed by atoms with van der Waals surface area (Å²) in [6, 6.07) is 59.3. The zero-order chi connectivity index (χ0) is 39.1. The smallest absolute Gasteiger partial charge is 0.161 e. The molecule has 4 nitrogen and oxygen atoms in total. The van der Waals surface area contributed by atoms with Crippen LogP contribution in [0.5, 0.6) is 0 Å². The van der Waals surface area contributed by atoms with E-state index < -0.39 is 0 Å². The van der Waals surface area contributed by atoms with Gasteiger partial charge in [0.2, 0.25) is 0 Å². The Bertz CT molecular complexity index is 3920. The molecule has 0 bridgehead atoms. The molecule has 0 N–H and O–H groups in total. The Morgan fingerprint density at radius 2 is 1.23 bits per heavy atom. The second kappa shape index (κ2) is 11.9. The van der Waals surface area contributed by atoms with Crippen molar-refractivity contribution in [2.75, 3.05) is 0 Å². The zero-order valence-corrected chi connectivity index (χ0v) is 32.4. The fourth-order valence-corrected chi connectivity index (χ4v) is 10.7. The number of allylic oxidation sites excluding steroid dienone is 4. The van der Waals surface area contributed by atoms with Crippen LogP contribution >= 0.6 is 0 Å². The van der Waals surface area contributed by atoms with Crippen LogP contribution in [0.3, 0.4) is 0 Å². The first-order chi connectivity index (χ1) is 29.8. The van der Waals surface area contributed by atoms with Gasteiger partial charge in [0.05, 0.1) is 28.3 Å². The van der Waals surface area contributed by atoms with Crippen LogP contribution in [-0.4, -0.2) is 14.5 Å². The van der Waals surface area contributed by atoms with E-state index in [1.54, 1.807) is 0 Å². The number of benzene rings is 9.